The average Bonchev–Trinajstić information content (AvgIpc) is 3.22. The first kappa shape index (κ1) is 56.6. The summed E-state index contributed by atoms with van der Waals surface area (Å²) in [4.78, 5) is 25.3. The van der Waals surface area contributed by atoms with Gasteiger partial charge in [0.2, 0.25) is 0 Å². The number of rotatable bonds is 49. The van der Waals surface area contributed by atoms with Gasteiger partial charge in [0, 0.05) is 19.4 Å². The van der Waals surface area contributed by atoms with Crippen LogP contribution in [0.2, 0.25) is 0 Å². The van der Waals surface area contributed by atoms with Gasteiger partial charge in [-0.1, -0.05) is 245 Å². The van der Waals surface area contributed by atoms with Crippen molar-refractivity contribution in [3.8, 4) is 0 Å². The summed E-state index contributed by atoms with van der Waals surface area (Å²) in [5.41, 5.74) is 0. The van der Waals surface area contributed by atoms with Crippen LogP contribution in [0.4, 0.5) is 0 Å². The summed E-state index contributed by atoms with van der Waals surface area (Å²) in [5.74, 6) is -0.385. The molecule has 58 heavy (non-hydrogen) atoms. The van der Waals surface area contributed by atoms with E-state index >= 15 is 0 Å². The van der Waals surface area contributed by atoms with Crippen molar-refractivity contribution >= 4 is 11.9 Å². The molecule has 0 amide bonds. The molecule has 5 nitrogen and oxygen atoms in total. The second-order valence-corrected chi connectivity index (χ2v) is 17.8. The highest BCUT2D eigenvalue weighted by molar-refractivity contribution is 5.70. The summed E-state index contributed by atoms with van der Waals surface area (Å²) in [5, 5.41) is 0. The molecule has 0 saturated heterocycles. The lowest BCUT2D eigenvalue weighted by Gasteiger charge is -2.18. The molecule has 0 N–H and O–H groups in total. The average molecular weight is 819 g/mol. The minimum Gasteiger partial charge on any atom is -0.462 e. The molecule has 0 aromatic carbocycles. The molecule has 0 aromatic heterocycles. The van der Waals surface area contributed by atoms with Gasteiger partial charge in [-0.15, -0.1) is 0 Å². The summed E-state index contributed by atoms with van der Waals surface area (Å²) in [6.45, 7) is 7.87. The number of esters is 2. The van der Waals surface area contributed by atoms with Crippen LogP contribution in [0.15, 0.2) is 12.2 Å². The van der Waals surface area contributed by atoms with Crippen molar-refractivity contribution in [1.82, 2.24) is 0 Å². The highest BCUT2D eigenvalue weighted by Crippen LogP contribution is 2.16. The van der Waals surface area contributed by atoms with Gasteiger partial charge in [-0.2, -0.15) is 0 Å². The maximum atomic E-state index is 12.7. The largest absolute Gasteiger partial charge is 0.462 e. The van der Waals surface area contributed by atoms with Gasteiger partial charge in [-0.25, -0.2) is 0 Å². The number of hydrogen-bond acceptors (Lipinski definition) is 5. The maximum Gasteiger partial charge on any atom is 0.306 e. The standard InChI is InChI=1S/C53H102O5/c1-4-7-10-13-16-19-21-23-25-27-28-30-32-35-37-40-43-46-52(54)57-50-51(58-53(55)47-44-41-38-34-18-15-12-9-6-3)49-56-48-45-42-39-36-33-31-29-26-24-22-20-17-14-11-8-5-2/h23,25,51H,4-22,24,26-50H2,1-3H3/b25-23-. The third-order valence-electron chi connectivity index (χ3n) is 11.8. The Hall–Kier alpha value is -1.36. The van der Waals surface area contributed by atoms with Crippen molar-refractivity contribution in [2.45, 2.75) is 297 Å². The summed E-state index contributed by atoms with van der Waals surface area (Å²) >= 11 is 0. The van der Waals surface area contributed by atoms with Crippen LogP contribution in [0.25, 0.3) is 0 Å². The smallest absolute Gasteiger partial charge is 0.306 e. The van der Waals surface area contributed by atoms with E-state index < -0.39 is 6.10 Å². The molecule has 1 atom stereocenters. The summed E-state index contributed by atoms with van der Waals surface area (Å²) in [7, 11) is 0. The Morgan fingerprint density at radius 2 is 0.672 bits per heavy atom. The lowest BCUT2D eigenvalue weighted by molar-refractivity contribution is -0.163. The molecule has 1 unspecified atom stereocenters. The number of hydrogen-bond donors (Lipinski definition) is 0. The first-order chi connectivity index (χ1) is 28.6. The van der Waals surface area contributed by atoms with Gasteiger partial charge in [0.05, 0.1) is 6.61 Å². The maximum absolute atomic E-state index is 12.7. The van der Waals surface area contributed by atoms with E-state index in [1.165, 1.54) is 225 Å². The second-order valence-electron chi connectivity index (χ2n) is 17.8. The Morgan fingerprint density at radius 3 is 1.05 bits per heavy atom. The van der Waals surface area contributed by atoms with Gasteiger partial charge >= 0.3 is 11.9 Å². The Labute approximate surface area is 363 Å². The molecule has 5 heteroatoms. The fraction of sp³-hybridized carbons (Fsp3) is 0.925. The van der Waals surface area contributed by atoms with E-state index in [1.807, 2.05) is 0 Å². The molecule has 0 radical (unpaired) electrons. The Balaban J connectivity index is 4.13. The number of carbonyl (C=O) groups is 2. The highest BCUT2D eigenvalue weighted by Gasteiger charge is 2.17. The van der Waals surface area contributed by atoms with Crippen LogP contribution in [-0.2, 0) is 23.8 Å². The molecule has 0 bridgehead atoms. The van der Waals surface area contributed by atoms with Crippen LogP contribution in [-0.4, -0.2) is 37.9 Å². The Kier molecular flexibility index (Phi) is 48.8. The van der Waals surface area contributed by atoms with Gasteiger partial charge < -0.3 is 14.2 Å². The van der Waals surface area contributed by atoms with Crippen LogP contribution in [0.1, 0.15) is 290 Å². The predicted octanol–water partition coefficient (Wildman–Crippen LogP) is 17.5. The number of carbonyl (C=O) groups excluding carboxylic acids is 2. The lowest BCUT2D eigenvalue weighted by atomic mass is 10.0. The van der Waals surface area contributed by atoms with E-state index in [-0.39, 0.29) is 18.5 Å². The fourth-order valence-corrected chi connectivity index (χ4v) is 7.86. The number of allylic oxidation sites excluding steroid dienone is 2. The third kappa shape index (κ3) is 47.3. The van der Waals surface area contributed by atoms with Gasteiger partial charge in [0.25, 0.3) is 0 Å². The normalized spacial score (nSPS) is 12.1. The van der Waals surface area contributed by atoms with E-state index in [4.69, 9.17) is 14.2 Å². The Bertz CT molecular complexity index is 840. The minimum absolute atomic E-state index is 0.0920. The first-order valence-corrected chi connectivity index (χ1v) is 26.2. The number of ether oxygens (including phenoxy) is 3. The molecule has 0 fully saturated rings. The van der Waals surface area contributed by atoms with Crippen molar-refractivity contribution < 1.29 is 23.8 Å². The van der Waals surface area contributed by atoms with Crippen LogP contribution in [0, 0.1) is 0 Å². The minimum atomic E-state index is -0.526. The first-order valence-electron chi connectivity index (χ1n) is 26.2. The highest BCUT2D eigenvalue weighted by atomic mass is 16.6. The Morgan fingerprint density at radius 1 is 0.362 bits per heavy atom. The molecule has 0 spiro atoms. The third-order valence-corrected chi connectivity index (χ3v) is 11.8. The molecule has 0 aromatic rings. The quantitative estimate of drug-likeness (QED) is 0.0348. The van der Waals surface area contributed by atoms with E-state index in [2.05, 4.69) is 32.9 Å². The van der Waals surface area contributed by atoms with Crippen molar-refractivity contribution in [2.24, 2.45) is 0 Å². The zero-order valence-corrected chi connectivity index (χ0v) is 39.6. The van der Waals surface area contributed by atoms with E-state index in [0.29, 0.717) is 26.1 Å². The van der Waals surface area contributed by atoms with Crippen molar-refractivity contribution in [3.05, 3.63) is 12.2 Å². The second kappa shape index (κ2) is 50.0. The molecule has 0 heterocycles. The van der Waals surface area contributed by atoms with Crippen LogP contribution < -0.4 is 0 Å². The van der Waals surface area contributed by atoms with Gasteiger partial charge in [0.15, 0.2) is 6.10 Å². The van der Waals surface area contributed by atoms with Crippen LogP contribution in [0.3, 0.4) is 0 Å². The molecule has 0 rings (SSSR count). The lowest BCUT2D eigenvalue weighted by Crippen LogP contribution is -2.30. The fourth-order valence-electron chi connectivity index (χ4n) is 7.86. The van der Waals surface area contributed by atoms with Gasteiger partial charge in [-0.05, 0) is 44.9 Å². The molecule has 0 aliphatic carbocycles. The zero-order chi connectivity index (χ0) is 42.1. The molecule has 344 valence electrons. The molecule has 0 aliphatic rings. The van der Waals surface area contributed by atoms with E-state index in [0.717, 1.165) is 32.1 Å². The van der Waals surface area contributed by atoms with Crippen molar-refractivity contribution in [2.75, 3.05) is 19.8 Å². The summed E-state index contributed by atoms with van der Waals surface area (Å²) in [6, 6.07) is 0. The summed E-state index contributed by atoms with van der Waals surface area (Å²) < 4.78 is 17.4. The molecule has 0 saturated carbocycles. The van der Waals surface area contributed by atoms with Gasteiger partial charge in [-0.3, -0.25) is 9.59 Å². The SMILES string of the molecule is CCCCCCCC/C=C\CCCCCCCCCC(=O)OCC(COCCCCCCCCCCCCCCCCCC)OC(=O)CCCCCCCCCCC. The van der Waals surface area contributed by atoms with Gasteiger partial charge in [0.1, 0.15) is 6.61 Å². The predicted molar refractivity (Wildman–Crippen MR) is 252 cm³/mol. The van der Waals surface area contributed by atoms with Crippen molar-refractivity contribution in [3.63, 3.8) is 0 Å². The molecular weight excluding hydrogens is 717 g/mol. The van der Waals surface area contributed by atoms with Crippen LogP contribution in [0.5, 0.6) is 0 Å². The van der Waals surface area contributed by atoms with Crippen LogP contribution >= 0.6 is 0 Å². The summed E-state index contributed by atoms with van der Waals surface area (Å²) in [6.07, 6.45) is 56.5. The molecule has 0 aliphatic heterocycles. The number of unbranched alkanes of at least 4 members (excludes halogenated alkanes) is 36. The topological polar surface area (TPSA) is 61.8 Å². The van der Waals surface area contributed by atoms with E-state index in [9.17, 15) is 9.59 Å². The van der Waals surface area contributed by atoms with E-state index in [1.54, 1.807) is 0 Å². The zero-order valence-electron chi connectivity index (χ0n) is 39.6. The molecular formula is C53H102O5. The van der Waals surface area contributed by atoms with Crippen molar-refractivity contribution in [1.29, 1.82) is 0 Å². The monoisotopic (exact) mass is 819 g/mol.